The molecule has 6 nitrogen and oxygen atoms in total. The number of nitrogens with zero attached hydrogens (tertiary/aromatic N) is 2. The lowest BCUT2D eigenvalue weighted by Crippen LogP contribution is -2.40. The van der Waals surface area contributed by atoms with E-state index in [1.165, 1.54) is 30.6 Å². The number of likely N-dealkylation sites (tertiary alicyclic amines) is 1. The third-order valence-corrected chi connectivity index (χ3v) is 7.11. The number of alkyl halides is 3. The zero-order valence-electron chi connectivity index (χ0n) is 19.0. The van der Waals surface area contributed by atoms with Gasteiger partial charge in [0.1, 0.15) is 0 Å². The number of hydrogen-bond acceptors (Lipinski definition) is 5. The molecule has 1 aromatic heterocycles. The minimum atomic E-state index is -4.42. The Kier molecular flexibility index (Phi) is 7.39. The van der Waals surface area contributed by atoms with Crippen molar-refractivity contribution >= 4 is 29.0 Å². The number of piperidine rings is 1. The number of thiazole rings is 1. The van der Waals surface area contributed by atoms with E-state index in [1.54, 1.807) is 4.90 Å². The van der Waals surface area contributed by atoms with Gasteiger partial charge in [-0.05, 0) is 37.1 Å². The van der Waals surface area contributed by atoms with Crippen LogP contribution in [0.5, 0.6) is 0 Å². The summed E-state index contributed by atoms with van der Waals surface area (Å²) < 4.78 is 43.0. The van der Waals surface area contributed by atoms with Crippen LogP contribution in [-0.2, 0) is 22.1 Å². The molecule has 0 aliphatic carbocycles. The average Bonchev–Trinajstić information content (AvgIpc) is 3.28. The highest BCUT2D eigenvalue weighted by molar-refractivity contribution is 7.12. The van der Waals surface area contributed by atoms with Crippen molar-refractivity contribution in [3.63, 3.8) is 0 Å². The summed E-state index contributed by atoms with van der Waals surface area (Å²) in [6.07, 6.45) is -2.89. The van der Waals surface area contributed by atoms with Crippen LogP contribution >= 0.6 is 11.3 Å². The molecule has 0 spiro atoms. The fraction of sp³-hybridized carbons (Fsp3) is 0.320. The Morgan fingerprint density at radius 3 is 2.34 bits per heavy atom. The highest BCUT2D eigenvalue weighted by atomic mass is 32.1. The van der Waals surface area contributed by atoms with Gasteiger partial charge in [0.25, 0.3) is 0 Å². The van der Waals surface area contributed by atoms with Gasteiger partial charge in [0.15, 0.2) is 0 Å². The predicted molar refractivity (Wildman–Crippen MR) is 127 cm³/mol. The number of aromatic nitrogens is 1. The second kappa shape index (κ2) is 10.5. The Bertz CT molecular complexity index is 1170. The maximum Gasteiger partial charge on any atom is 0.416 e. The molecule has 1 aliphatic heterocycles. The molecule has 1 fully saturated rings. The minimum Gasteiger partial charge on any atom is -0.469 e. The molecule has 0 saturated carbocycles. The number of amides is 2. The van der Waals surface area contributed by atoms with Crippen molar-refractivity contribution in [2.24, 2.45) is 0 Å². The molecule has 2 aromatic carbocycles. The lowest BCUT2D eigenvalue weighted by atomic mass is 9.97. The van der Waals surface area contributed by atoms with Gasteiger partial charge in [-0.3, -0.25) is 4.79 Å². The van der Waals surface area contributed by atoms with E-state index in [-0.39, 0.29) is 24.3 Å². The minimum absolute atomic E-state index is 0.143. The highest BCUT2D eigenvalue weighted by Gasteiger charge is 2.30. The second-order valence-corrected chi connectivity index (χ2v) is 9.32. The Morgan fingerprint density at radius 1 is 1.09 bits per heavy atom. The molecule has 1 saturated heterocycles. The Morgan fingerprint density at radius 2 is 1.74 bits per heavy atom. The summed E-state index contributed by atoms with van der Waals surface area (Å²) in [5.41, 5.74) is 1.26. The topological polar surface area (TPSA) is 71.5 Å². The van der Waals surface area contributed by atoms with E-state index in [0.717, 1.165) is 33.3 Å². The largest absolute Gasteiger partial charge is 0.469 e. The number of urea groups is 1. The van der Waals surface area contributed by atoms with Gasteiger partial charge < -0.3 is 15.0 Å². The third kappa shape index (κ3) is 6.00. The first-order chi connectivity index (χ1) is 16.7. The predicted octanol–water partition coefficient (Wildman–Crippen LogP) is 5.96. The fourth-order valence-corrected chi connectivity index (χ4v) is 5.21. The van der Waals surface area contributed by atoms with Crippen molar-refractivity contribution < 1.29 is 27.5 Å². The van der Waals surface area contributed by atoms with Crippen molar-refractivity contribution in [2.45, 2.75) is 31.4 Å². The molecule has 0 unspecified atom stereocenters. The van der Waals surface area contributed by atoms with Crippen LogP contribution in [0.25, 0.3) is 11.3 Å². The van der Waals surface area contributed by atoms with E-state index < -0.39 is 11.7 Å². The molecule has 4 rings (SSSR count). The number of ether oxygens (including phenoxy) is 1. The maximum absolute atomic E-state index is 12.7. The molecule has 184 valence electrons. The van der Waals surface area contributed by atoms with Crippen molar-refractivity contribution in [1.29, 1.82) is 0 Å². The van der Waals surface area contributed by atoms with Crippen LogP contribution in [0, 0.1) is 0 Å². The normalized spacial score (nSPS) is 14.6. The van der Waals surface area contributed by atoms with Gasteiger partial charge in [-0.15, -0.1) is 11.3 Å². The number of carbonyl (C=O) groups is 2. The summed E-state index contributed by atoms with van der Waals surface area (Å²) in [7, 11) is 1.36. The molecule has 0 atom stereocenters. The van der Waals surface area contributed by atoms with Gasteiger partial charge in [0, 0.05) is 35.1 Å². The monoisotopic (exact) mass is 503 g/mol. The van der Waals surface area contributed by atoms with Gasteiger partial charge >= 0.3 is 18.2 Å². The van der Waals surface area contributed by atoms with Gasteiger partial charge in [0.2, 0.25) is 0 Å². The lowest BCUT2D eigenvalue weighted by molar-refractivity contribution is -0.140. The van der Waals surface area contributed by atoms with Crippen LogP contribution in [0.3, 0.4) is 0 Å². The standard InChI is InChI=1S/C25H24F3N3O3S/c1-34-21(32)15-20-22(16-5-3-2-4-6-16)30-23(35-20)17-11-13-31(14-12-17)24(33)29-19-9-7-18(8-10-19)25(26,27)28/h2-10,17H,11-15H2,1H3,(H,29,33). The first-order valence-corrected chi connectivity index (χ1v) is 11.9. The van der Waals surface area contributed by atoms with E-state index in [4.69, 9.17) is 9.72 Å². The first-order valence-electron chi connectivity index (χ1n) is 11.1. The van der Waals surface area contributed by atoms with Crippen molar-refractivity contribution in [3.8, 4) is 11.3 Å². The number of carbonyl (C=O) groups excluding carboxylic acids is 2. The maximum atomic E-state index is 12.7. The average molecular weight is 504 g/mol. The number of esters is 1. The lowest BCUT2D eigenvalue weighted by Gasteiger charge is -2.31. The number of rotatable bonds is 5. The van der Waals surface area contributed by atoms with Crippen molar-refractivity contribution in [2.75, 3.05) is 25.5 Å². The summed E-state index contributed by atoms with van der Waals surface area (Å²) in [6, 6.07) is 13.7. The molecule has 1 aliphatic rings. The SMILES string of the molecule is COC(=O)Cc1sc(C2CCN(C(=O)Nc3ccc(C(F)(F)F)cc3)CC2)nc1-c1ccccc1. The van der Waals surface area contributed by atoms with Crippen molar-refractivity contribution in [3.05, 3.63) is 70.0 Å². The molecule has 2 heterocycles. The molecule has 35 heavy (non-hydrogen) atoms. The molecule has 3 aromatic rings. The van der Waals surface area contributed by atoms with Crippen LogP contribution in [0.2, 0.25) is 0 Å². The zero-order valence-corrected chi connectivity index (χ0v) is 19.8. The number of methoxy groups -OCH3 is 1. The fourth-order valence-electron chi connectivity index (χ4n) is 3.96. The van der Waals surface area contributed by atoms with Crippen LogP contribution in [0.1, 0.15) is 34.2 Å². The number of anilines is 1. The molecular formula is C25H24F3N3O3S. The third-order valence-electron chi connectivity index (χ3n) is 5.89. The van der Waals surface area contributed by atoms with Gasteiger partial charge in [0.05, 0.1) is 29.8 Å². The second-order valence-electron chi connectivity index (χ2n) is 8.21. The van der Waals surface area contributed by atoms with Gasteiger partial charge in [-0.1, -0.05) is 30.3 Å². The molecule has 2 amide bonds. The van der Waals surface area contributed by atoms with Crippen LogP contribution < -0.4 is 5.32 Å². The Labute approximate surface area is 204 Å². The highest BCUT2D eigenvalue weighted by Crippen LogP contribution is 2.37. The summed E-state index contributed by atoms with van der Waals surface area (Å²) >= 11 is 1.50. The number of halogens is 3. The summed E-state index contributed by atoms with van der Waals surface area (Å²) in [4.78, 5) is 31.9. The van der Waals surface area contributed by atoms with E-state index in [9.17, 15) is 22.8 Å². The summed E-state index contributed by atoms with van der Waals surface area (Å²) in [5, 5.41) is 3.58. The molecule has 10 heteroatoms. The summed E-state index contributed by atoms with van der Waals surface area (Å²) in [6.45, 7) is 0.980. The van der Waals surface area contributed by atoms with Crippen molar-refractivity contribution in [1.82, 2.24) is 9.88 Å². The van der Waals surface area contributed by atoms with Crippen LogP contribution in [0.4, 0.5) is 23.7 Å². The van der Waals surface area contributed by atoms with E-state index in [2.05, 4.69) is 5.32 Å². The summed E-state index contributed by atoms with van der Waals surface area (Å²) in [5.74, 6) is -0.184. The quantitative estimate of drug-likeness (QED) is 0.437. The Hall–Kier alpha value is -3.40. The number of nitrogens with one attached hydrogen (secondary N) is 1. The van der Waals surface area contributed by atoms with E-state index in [0.29, 0.717) is 31.6 Å². The van der Waals surface area contributed by atoms with Gasteiger partial charge in [-0.2, -0.15) is 13.2 Å². The zero-order chi connectivity index (χ0) is 25.0. The van der Waals surface area contributed by atoms with E-state index >= 15 is 0 Å². The first kappa shape index (κ1) is 24.7. The smallest absolute Gasteiger partial charge is 0.416 e. The molecular weight excluding hydrogens is 479 g/mol. The van der Waals surface area contributed by atoms with Gasteiger partial charge in [-0.25, -0.2) is 9.78 Å². The molecule has 0 bridgehead atoms. The number of benzene rings is 2. The van der Waals surface area contributed by atoms with E-state index in [1.807, 2.05) is 30.3 Å². The van der Waals surface area contributed by atoms with Crippen LogP contribution in [0.15, 0.2) is 54.6 Å². The Balaban J connectivity index is 1.41. The number of hydrogen-bond donors (Lipinski definition) is 1. The molecule has 1 N–H and O–H groups in total. The molecule has 0 radical (unpaired) electrons. The van der Waals surface area contributed by atoms with Crippen LogP contribution in [-0.4, -0.2) is 42.1 Å².